The molecule has 5 heteroatoms. The predicted molar refractivity (Wildman–Crippen MR) is 161 cm³/mol. The molecule has 0 saturated heterocycles. The Morgan fingerprint density at radius 3 is 2.05 bits per heavy atom. The Bertz CT molecular complexity index is 2160. The highest BCUT2D eigenvalue weighted by Gasteiger charge is 2.40. The summed E-state index contributed by atoms with van der Waals surface area (Å²) in [6.07, 6.45) is 0. The van der Waals surface area contributed by atoms with Crippen molar-refractivity contribution in [3.63, 3.8) is 0 Å². The van der Waals surface area contributed by atoms with Crippen LogP contribution in [0.15, 0.2) is 103 Å². The van der Waals surface area contributed by atoms with Crippen molar-refractivity contribution in [3.05, 3.63) is 131 Å². The van der Waals surface area contributed by atoms with Gasteiger partial charge in [0.05, 0.1) is 39.1 Å². The van der Waals surface area contributed by atoms with Crippen molar-refractivity contribution in [2.75, 3.05) is 4.90 Å². The van der Waals surface area contributed by atoms with E-state index in [1.54, 1.807) is 42.5 Å². The fraction of sp³-hybridized carbons (Fsp3) is 0.0833. The highest BCUT2D eigenvalue weighted by atomic mass is 16.2. The first-order valence-corrected chi connectivity index (χ1v) is 13.6. The number of aromatic nitrogens is 1. The van der Waals surface area contributed by atoms with Crippen LogP contribution in [0, 0.1) is 11.3 Å². The molecule has 1 aliphatic heterocycles. The number of anilines is 1. The maximum atomic E-state index is 13.6. The molecule has 0 fully saturated rings. The summed E-state index contributed by atoms with van der Waals surface area (Å²) in [5.41, 5.74) is 8.55. The van der Waals surface area contributed by atoms with Crippen LogP contribution < -0.4 is 4.90 Å². The zero-order chi connectivity index (χ0) is 28.0. The number of para-hydroxylation sites is 2. The molecule has 5 aromatic carbocycles. The van der Waals surface area contributed by atoms with Gasteiger partial charge in [-0.05, 0) is 58.7 Å². The molecule has 0 atom stereocenters. The molecule has 0 saturated carbocycles. The molecule has 0 unspecified atom stereocenters. The molecular weight excluding hydrogens is 506 g/mol. The average molecular weight is 530 g/mol. The Hall–Kier alpha value is -5.47. The van der Waals surface area contributed by atoms with E-state index in [-0.39, 0.29) is 17.2 Å². The van der Waals surface area contributed by atoms with Crippen LogP contribution in [0.1, 0.15) is 51.3 Å². The number of benzene rings is 5. The number of carbonyl (C=O) groups is 2. The van der Waals surface area contributed by atoms with E-state index in [0.717, 1.165) is 21.8 Å². The Morgan fingerprint density at radius 1 is 0.659 bits per heavy atom. The monoisotopic (exact) mass is 529 g/mol. The van der Waals surface area contributed by atoms with Crippen LogP contribution in [0.4, 0.5) is 5.69 Å². The van der Waals surface area contributed by atoms with E-state index in [9.17, 15) is 14.9 Å². The molecule has 194 valence electrons. The van der Waals surface area contributed by atoms with Crippen molar-refractivity contribution in [1.82, 2.24) is 4.57 Å². The molecule has 0 N–H and O–H groups in total. The van der Waals surface area contributed by atoms with E-state index in [1.165, 1.54) is 27.2 Å². The van der Waals surface area contributed by atoms with Gasteiger partial charge in [0.1, 0.15) is 6.07 Å². The molecule has 6 aromatic rings. The second-order valence-electron chi connectivity index (χ2n) is 11.2. The molecule has 41 heavy (non-hydrogen) atoms. The van der Waals surface area contributed by atoms with E-state index in [0.29, 0.717) is 28.1 Å². The van der Waals surface area contributed by atoms with Crippen molar-refractivity contribution >= 4 is 39.3 Å². The highest BCUT2D eigenvalue weighted by Crippen LogP contribution is 2.53. The molecule has 2 amide bonds. The topological polar surface area (TPSA) is 66.1 Å². The van der Waals surface area contributed by atoms with Gasteiger partial charge in [0.15, 0.2) is 0 Å². The summed E-state index contributed by atoms with van der Waals surface area (Å²) >= 11 is 0. The highest BCUT2D eigenvalue weighted by molar-refractivity contribution is 6.35. The Balaban J connectivity index is 1.49. The quantitative estimate of drug-likeness (QED) is 0.215. The SMILES string of the molecule is CC1(C)c2ccccc2-c2ccc3c(c21)c1ccccc1n3-c1c(C#N)cccc1N1C(=O)c2ccccc2C1=O. The fourth-order valence-electron chi connectivity index (χ4n) is 7.02. The number of rotatable bonds is 2. The summed E-state index contributed by atoms with van der Waals surface area (Å²) in [6.45, 7) is 4.52. The first kappa shape index (κ1) is 23.4. The van der Waals surface area contributed by atoms with Crippen LogP contribution in [-0.4, -0.2) is 16.4 Å². The summed E-state index contributed by atoms with van der Waals surface area (Å²) in [5.74, 6) is -0.777. The van der Waals surface area contributed by atoms with Gasteiger partial charge < -0.3 is 4.57 Å². The molecule has 5 nitrogen and oxygen atoms in total. The lowest BCUT2D eigenvalue weighted by molar-refractivity contribution is 0.0926. The number of nitrogens with zero attached hydrogens (tertiary/aromatic N) is 3. The third kappa shape index (κ3) is 2.89. The minimum absolute atomic E-state index is 0.250. The number of carbonyl (C=O) groups excluding carboxylic acids is 2. The maximum absolute atomic E-state index is 13.6. The largest absolute Gasteiger partial charge is 0.306 e. The summed E-state index contributed by atoms with van der Waals surface area (Å²) in [4.78, 5) is 28.5. The second-order valence-corrected chi connectivity index (χ2v) is 11.2. The van der Waals surface area contributed by atoms with Crippen LogP contribution >= 0.6 is 0 Å². The lowest BCUT2D eigenvalue weighted by Gasteiger charge is -2.23. The molecule has 8 rings (SSSR count). The van der Waals surface area contributed by atoms with E-state index < -0.39 is 0 Å². The number of fused-ring (bicyclic) bond motifs is 8. The van der Waals surface area contributed by atoms with E-state index in [2.05, 4.69) is 66.9 Å². The molecule has 0 bridgehead atoms. The van der Waals surface area contributed by atoms with Gasteiger partial charge in [0, 0.05) is 16.2 Å². The van der Waals surface area contributed by atoms with Crippen LogP contribution in [0.2, 0.25) is 0 Å². The van der Waals surface area contributed by atoms with Gasteiger partial charge in [-0.2, -0.15) is 5.26 Å². The third-order valence-corrected chi connectivity index (χ3v) is 8.75. The van der Waals surface area contributed by atoms with Crippen LogP contribution in [-0.2, 0) is 5.41 Å². The minimum atomic E-state index is -0.389. The van der Waals surface area contributed by atoms with E-state index in [4.69, 9.17) is 0 Å². The Morgan fingerprint density at radius 2 is 1.32 bits per heavy atom. The van der Waals surface area contributed by atoms with Crippen molar-refractivity contribution in [2.24, 2.45) is 0 Å². The molecular formula is C36H23N3O2. The first-order valence-electron chi connectivity index (χ1n) is 13.6. The first-order chi connectivity index (χ1) is 19.9. The third-order valence-electron chi connectivity index (χ3n) is 8.75. The lowest BCUT2D eigenvalue weighted by atomic mass is 9.80. The van der Waals surface area contributed by atoms with Crippen LogP contribution in [0.25, 0.3) is 38.6 Å². The number of hydrogen-bond acceptors (Lipinski definition) is 3. The summed E-state index contributed by atoms with van der Waals surface area (Å²) < 4.78 is 2.06. The fourth-order valence-corrected chi connectivity index (χ4v) is 7.02. The lowest BCUT2D eigenvalue weighted by Crippen LogP contribution is -2.30. The van der Waals surface area contributed by atoms with Gasteiger partial charge in [0.25, 0.3) is 11.8 Å². The van der Waals surface area contributed by atoms with Gasteiger partial charge in [0.2, 0.25) is 0 Å². The molecule has 2 heterocycles. The van der Waals surface area contributed by atoms with Crippen molar-refractivity contribution < 1.29 is 9.59 Å². The van der Waals surface area contributed by atoms with Gasteiger partial charge in [-0.3, -0.25) is 9.59 Å². The summed E-state index contributed by atoms with van der Waals surface area (Å²) in [6, 6.07) is 35.4. The second kappa shape index (κ2) is 8.03. The van der Waals surface area contributed by atoms with Gasteiger partial charge in [-0.15, -0.1) is 0 Å². The van der Waals surface area contributed by atoms with Gasteiger partial charge >= 0.3 is 0 Å². The summed E-state index contributed by atoms with van der Waals surface area (Å²) in [5, 5.41) is 12.5. The Labute approximate surface area is 236 Å². The van der Waals surface area contributed by atoms with Crippen LogP contribution in [0.3, 0.4) is 0 Å². The number of hydrogen-bond donors (Lipinski definition) is 0. The van der Waals surface area contributed by atoms with Crippen molar-refractivity contribution in [1.29, 1.82) is 5.26 Å². The smallest absolute Gasteiger partial charge is 0.266 e. The number of imide groups is 1. The van der Waals surface area contributed by atoms with E-state index >= 15 is 0 Å². The zero-order valence-electron chi connectivity index (χ0n) is 22.5. The average Bonchev–Trinajstić information content (AvgIpc) is 3.55. The maximum Gasteiger partial charge on any atom is 0.266 e. The van der Waals surface area contributed by atoms with Crippen molar-refractivity contribution in [3.8, 4) is 22.9 Å². The predicted octanol–water partition coefficient (Wildman–Crippen LogP) is 7.76. The molecule has 1 aromatic heterocycles. The minimum Gasteiger partial charge on any atom is -0.306 e. The van der Waals surface area contributed by atoms with Crippen molar-refractivity contribution in [2.45, 2.75) is 19.3 Å². The van der Waals surface area contributed by atoms with E-state index in [1.807, 2.05) is 18.2 Å². The standard InChI is InChI=1S/C36H23N3O2/c1-36(2)27-15-7-5-11-22(27)23-18-19-29-31(32(23)36)26-14-6-8-16-28(26)38(29)33-21(20-37)10-9-17-30(33)39-34(40)24-12-3-4-13-25(24)35(39)41/h3-19H,1-2H3. The zero-order valence-corrected chi connectivity index (χ0v) is 22.5. The molecule has 0 spiro atoms. The normalized spacial score (nSPS) is 14.8. The van der Waals surface area contributed by atoms with Gasteiger partial charge in [-0.1, -0.05) is 80.6 Å². The number of nitriles is 1. The van der Waals surface area contributed by atoms with Crippen LogP contribution in [0.5, 0.6) is 0 Å². The molecule has 1 aliphatic carbocycles. The molecule has 0 radical (unpaired) electrons. The number of amides is 2. The van der Waals surface area contributed by atoms with Gasteiger partial charge in [-0.25, -0.2) is 4.90 Å². The molecule has 2 aliphatic rings. The Kier molecular flexibility index (Phi) is 4.59. The summed E-state index contributed by atoms with van der Waals surface area (Å²) in [7, 11) is 0.